The number of aromatic nitrogens is 1. The lowest BCUT2D eigenvalue weighted by molar-refractivity contribution is -0.142. The van der Waals surface area contributed by atoms with Crippen LogP contribution in [-0.4, -0.2) is 87.5 Å². The number of hydrogen-bond acceptors (Lipinski definition) is 8. The van der Waals surface area contributed by atoms with E-state index < -0.39 is 60.3 Å². The molecule has 0 saturated carbocycles. The largest absolute Gasteiger partial charge is 0.508 e. The van der Waals surface area contributed by atoms with Gasteiger partial charge in [-0.3, -0.25) is 19.2 Å². The second-order valence-electron chi connectivity index (χ2n) is 10.3. The highest BCUT2D eigenvalue weighted by Crippen LogP contribution is 2.19. The number of rotatable bonds is 16. The summed E-state index contributed by atoms with van der Waals surface area (Å²) in [6, 6.07) is 9.23. The fourth-order valence-electron chi connectivity index (χ4n) is 4.41. The predicted octanol–water partition coefficient (Wildman–Crippen LogP) is 0.414. The maximum Gasteiger partial charge on any atom is 0.326 e. The van der Waals surface area contributed by atoms with Crippen molar-refractivity contribution < 1.29 is 34.2 Å². The second-order valence-corrected chi connectivity index (χ2v) is 11.3. The van der Waals surface area contributed by atoms with Gasteiger partial charge in [0, 0.05) is 29.9 Å². The summed E-state index contributed by atoms with van der Waals surface area (Å²) < 4.78 is 0. The number of carbonyl (C=O) groups is 5. The van der Waals surface area contributed by atoms with Gasteiger partial charge in [0.05, 0.1) is 12.6 Å². The summed E-state index contributed by atoms with van der Waals surface area (Å²) in [5.41, 5.74) is 7.86. The molecule has 44 heavy (non-hydrogen) atoms. The van der Waals surface area contributed by atoms with Gasteiger partial charge in [-0.25, -0.2) is 4.79 Å². The maximum atomic E-state index is 13.3. The Labute approximate surface area is 258 Å². The third kappa shape index (κ3) is 10.0. The van der Waals surface area contributed by atoms with Gasteiger partial charge < -0.3 is 42.2 Å². The van der Waals surface area contributed by atoms with Gasteiger partial charge in [-0.1, -0.05) is 30.3 Å². The van der Waals surface area contributed by atoms with Crippen molar-refractivity contribution in [3.8, 4) is 5.75 Å². The first-order valence-corrected chi connectivity index (χ1v) is 15.4. The molecule has 9 N–H and O–H groups in total. The van der Waals surface area contributed by atoms with Gasteiger partial charge in [0.1, 0.15) is 23.9 Å². The van der Waals surface area contributed by atoms with Crippen LogP contribution in [0.5, 0.6) is 5.75 Å². The van der Waals surface area contributed by atoms with Gasteiger partial charge in [-0.15, -0.1) is 0 Å². The molecule has 1 aromatic heterocycles. The first-order valence-electron chi connectivity index (χ1n) is 14.0. The molecule has 0 aliphatic carbocycles. The molecule has 4 atom stereocenters. The Kier molecular flexibility index (Phi) is 12.6. The van der Waals surface area contributed by atoms with E-state index >= 15 is 0 Å². The van der Waals surface area contributed by atoms with Gasteiger partial charge >= 0.3 is 5.97 Å². The number of nitrogens with one attached hydrogen (secondary N) is 5. The first-order chi connectivity index (χ1) is 21.0. The molecule has 1 heterocycles. The van der Waals surface area contributed by atoms with Crippen molar-refractivity contribution in [2.24, 2.45) is 5.73 Å². The van der Waals surface area contributed by atoms with Gasteiger partial charge in [-0.2, -0.15) is 11.8 Å². The summed E-state index contributed by atoms with van der Waals surface area (Å²) in [6.45, 7) is 0.943. The summed E-state index contributed by atoms with van der Waals surface area (Å²) in [5.74, 6) is -3.26. The number of aliphatic carboxylic acids is 1. The molecule has 0 fully saturated rings. The number of carboxylic acid groups (broad SMARTS) is 1. The maximum absolute atomic E-state index is 13.3. The number of carboxylic acids is 1. The van der Waals surface area contributed by atoms with Crippen molar-refractivity contribution in [1.82, 2.24) is 26.3 Å². The lowest BCUT2D eigenvalue weighted by Gasteiger charge is -2.22. The molecule has 0 radical (unpaired) electrons. The normalized spacial score (nSPS) is 13.7. The molecule has 0 bridgehead atoms. The smallest absolute Gasteiger partial charge is 0.326 e. The van der Waals surface area contributed by atoms with E-state index in [1.54, 1.807) is 18.3 Å². The van der Waals surface area contributed by atoms with Crippen LogP contribution in [0.4, 0.5) is 0 Å². The number of nitrogens with two attached hydrogens (primary N) is 1. The zero-order chi connectivity index (χ0) is 32.2. The van der Waals surface area contributed by atoms with E-state index in [0.29, 0.717) is 11.3 Å². The zero-order valence-electron chi connectivity index (χ0n) is 24.5. The summed E-state index contributed by atoms with van der Waals surface area (Å²) in [6.07, 6.45) is 3.85. The van der Waals surface area contributed by atoms with E-state index in [9.17, 15) is 34.2 Å². The lowest BCUT2D eigenvalue weighted by atomic mass is 10.0. The number of aromatic hydroxyl groups is 1. The molecule has 0 aliphatic rings. The van der Waals surface area contributed by atoms with Crippen molar-refractivity contribution in [3.63, 3.8) is 0 Å². The molecule has 0 spiro atoms. The van der Waals surface area contributed by atoms with Crippen LogP contribution in [0.15, 0.2) is 54.7 Å². The fraction of sp³-hybridized carbons (Fsp3) is 0.367. The molecule has 0 aliphatic heterocycles. The summed E-state index contributed by atoms with van der Waals surface area (Å²) in [4.78, 5) is 66.6. The van der Waals surface area contributed by atoms with Crippen LogP contribution in [0.3, 0.4) is 0 Å². The third-order valence-corrected chi connectivity index (χ3v) is 7.47. The fourth-order valence-corrected chi connectivity index (χ4v) is 4.88. The van der Waals surface area contributed by atoms with Crippen molar-refractivity contribution in [2.45, 2.75) is 50.4 Å². The molecule has 14 heteroatoms. The number of H-pyrrole nitrogens is 1. The van der Waals surface area contributed by atoms with Crippen molar-refractivity contribution in [3.05, 3.63) is 65.9 Å². The second kappa shape index (κ2) is 16.3. The lowest BCUT2D eigenvalue weighted by Crippen LogP contribution is -2.55. The van der Waals surface area contributed by atoms with E-state index in [1.165, 1.54) is 30.8 Å². The summed E-state index contributed by atoms with van der Waals surface area (Å²) in [5, 5.41) is 30.2. The van der Waals surface area contributed by atoms with Gasteiger partial charge in [-0.05, 0) is 54.7 Å². The molecular formula is C30H38N6O7S. The van der Waals surface area contributed by atoms with E-state index in [-0.39, 0.29) is 25.0 Å². The molecule has 4 amide bonds. The third-order valence-electron chi connectivity index (χ3n) is 6.82. The van der Waals surface area contributed by atoms with Crippen molar-refractivity contribution in [2.75, 3.05) is 18.6 Å². The van der Waals surface area contributed by atoms with Crippen LogP contribution in [-0.2, 0) is 36.8 Å². The number of para-hydroxylation sites is 1. The zero-order valence-corrected chi connectivity index (χ0v) is 25.3. The molecule has 0 unspecified atom stereocenters. The number of aromatic amines is 1. The van der Waals surface area contributed by atoms with Crippen molar-refractivity contribution >= 4 is 52.3 Å². The van der Waals surface area contributed by atoms with Crippen molar-refractivity contribution in [1.29, 1.82) is 0 Å². The number of fused-ring (bicyclic) bond motifs is 1. The number of carbonyl (C=O) groups excluding carboxylic acids is 4. The number of phenolic OH excluding ortho intramolecular Hbond substituents is 1. The number of phenols is 1. The Morgan fingerprint density at radius 1 is 0.886 bits per heavy atom. The average molecular weight is 627 g/mol. The number of hydrogen-bond donors (Lipinski definition) is 8. The quantitative estimate of drug-likeness (QED) is 0.110. The minimum Gasteiger partial charge on any atom is -0.508 e. The Morgan fingerprint density at radius 2 is 1.55 bits per heavy atom. The topological polar surface area (TPSA) is 216 Å². The summed E-state index contributed by atoms with van der Waals surface area (Å²) in [7, 11) is 0. The molecule has 236 valence electrons. The van der Waals surface area contributed by atoms with E-state index in [4.69, 9.17) is 5.73 Å². The molecular weight excluding hydrogens is 588 g/mol. The highest BCUT2D eigenvalue weighted by molar-refractivity contribution is 7.98. The van der Waals surface area contributed by atoms with Gasteiger partial charge in [0.25, 0.3) is 0 Å². The molecule has 2 aromatic carbocycles. The summed E-state index contributed by atoms with van der Waals surface area (Å²) >= 11 is 1.44. The average Bonchev–Trinajstić information content (AvgIpc) is 3.40. The van der Waals surface area contributed by atoms with Crippen LogP contribution in [0.2, 0.25) is 0 Å². The Hall–Kier alpha value is -4.56. The Morgan fingerprint density at radius 3 is 2.20 bits per heavy atom. The van der Waals surface area contributed by atoms with Crippen LogP contribution in [0.1, 0.15) is 24.5 Å². The predicted molar refractivity (Wildman–Crippen MR) is 167 cm³/mol. The molecule has 3 rings (SSSR count). The minimum absolute atomic E-state index is 0.0381. The SMILES string of the molecule is CSCC[C@H](NC(=O)[C@H](Cc1c[nH]c2ccccc12)NC(=O)CNC(=O)[C@H](Cc1ccc(O)cc1)NC(=O)[C@H](C)N)C(=O)O. The monoisotopic (exact) mass is 626 g/mol. The van der Waals surface area contributed by atoms with Gasteiger partial charge in [0.2, 0.25) is 23.6 Å². The standard InChI is InChI=1S/C30H38N6O7S/c1-17(31)27(39)36-24(13-18-7-9-20(37)10-8-18)28(40)33-16-26(38)34-25(29(41)35-23(30(42)43)11-12-44-2)14-19-15-32-22-6-4-3-5-21(19)22/h3-10,15,17,23-25,32,37H,11-14,16,31H2,1-2H3,(H,33,40)(H,34,38)(H,35,41)(H,36,39)(H,42,43)/t17-,23-,24-,25-/m0/s1. The number of benzene rings is 2. The highest BCUT2D eigenvalue weighted by Gasteiger charge is 2.28. The Bertz CT molecular complexity index is 1460. The van der Waals surface area contributed by atoms with Crippen LogP contribution in [0.25, 0.3) is 10.9 Å². The minimum atomic E-state index is -1.19. The van der Waals surface area contributed by atoms with Gasteiger partial charge in [0.15, 0.2) is 0 Å². The number of thioether (sulfide) groups is 1. The first kappa shape index (κ1) is 33.9. The van der Waals surface area contributed by atoms with E-state index in [1.807, 2.05) is 30.5 Å². The van der Waals surface area contributed by atoms with Crippen LogP contribution >= 0.6 is 11.8 Å². The van der Waals surface area contributed by atoms with E-state index in [0.717, 1.165) is 16.5 Å². The molecule has 13 nitrogen and oxygen atoms in total. The molecule has 0 saturated heterocycles. The Balaban J connectivity index is 1.73. The highest BCUT2D eigenvalue weighted by atomic mass is 32.2. The van der Waals surface area contributed by atoms with E-state index in [2.05, 4.69) is 26.3 Å². The van der Waals surface area contributed by atoms with Crippen LogP contribution < -0.4 is 27.0 Å². The number of amides is 4. The van der Waals surface area contributed by atoms with Crippen LogP contribution in [0, 0.1) is 0 Å². The molecule has 3 aromatic rings.